The number of nitrogens with zero attached hydrogens (tertiary/aromatic N) is 3. The van der Waals surface area contributed by atoms with Crippen LogP contribution in [0.15, 0.2) is 51.4 Å². The third-order valence-electron chi connectivity index (χ3n) is 3.79. The number of hydrogen-bond donors (Lipinski definition) is 2. The second kappa shape index (κ2) is 11.3. The molecule has 0 aliphatic heterocycles. The number of rotatable bonds is 7. The van der Waals surface area contributed by atoms with Crippen LogP contribution in [0.25, 0.3) is 11.5 Å². The molecular formula is C19H21F3IN5OS. The van der Waals surface area contributed by atoms with Crippen LogP contribution in [0.1, 0.15) is 23.3 Å². The predicted molar refractivity (Wildman–Crippen MR) is 121 cm³/mol. The molecule has 2 N–H and O–H groups in total. The van der Waals surface area contributed by atoms with Crippen molar-refractivity contribution in [2.24, 2.45) is 4.99 Å². The number of halogens is 4. The summed E-state index contributed by atoms with van der Waals surface area (Å²) in [5.41, 5.74) is 0.712. The van der Waals surface area contributed by atoms with Crippen molar-refractivity contribution in [2.45, 2.75) is 26.1 Å². The molecule has 0 saturated heterocycles. The summed E-state index contributed by atoms with van der Waals surface area (Å²) in [7, 11) is 0. The topological polar surface area (TPSA) is 75.3 Å². The standard InChI is InChI=1S/C19H20F3N5OS.HI/c1-2-23-18(24-9-8-16-27-15(12-29-16)19(20,21)22)25-10-14-11-28-17(26-14)13-6-4-3-5-7-13;/h3-7,11-12H,2,8-10H2,1H3,(H2,23,24,25);1H. The molecule has 0 atom stereocenters. The van der Waals surface area contributed by atoms with Gasteiger partial charge in [0, 0.05) is 30.5 Å². The van der Waals surface area contributed by atoms with Crippen molar-refractivity contribution in [1.29, 1.82) is 0 Å². The Bertz CT molecular complexity index is 943. The van der Waals surface area contributed by atoms with Crippen molar-refractivity contribution < 1.29 is 17.6 Å². The fraction of sp³-hybridized carbons (Fsp3) is 0.316. The quantitative estimate of drug-likeness (QED) is 0.252. The van der Waals surface area contributed by atoms with Crippen LogP contribution < -0.4 is 10.6 Å². The van der Waals surface area contributed by atoms with Crippen molar-refractivity contribution >= 4 is 41.3 Å². The molecule has 0 spiro atoms. The van der Waals surface area contributed by atoms with Gasteiger partial charge in [-0.15, -0.1) is 35.3 Å². The Morgan fingerprint density at radius 2 is 1.93 bits per heavy atom. The van der Waals surface area contributed by atoms with Gasteiger partial charge >= 0.3 is 6.18 Å². The van der Waals surface area contributed by atoms with Crippen LogP contribution in [-0.2, 0) is 19.1 Å². The van der Waals surface area contributed by atoms with E-state index < -0.39 is 11.9 Å². The van der Waals surface area contributed by atoms with E-state index in [9.17, 15) is 13.2 Å². The van der Waals surface area contributed by atoms with E-state index in [0.717, 1.165) is 22.3 Å². The second-order valence-electron chi connectivity index (χ2n) is 6.01. The molecule has 2 aromatic heterocycles. The van der Waals surface area contributed by atoms with Crippen LogP contribution in [0.2, 0.25) is 0 Å². The fourth-order valence-corrected chi connectivity index (χ4v) is 3.24. The highest BCUT2D eigenvalue weighted by Crippen LogP contribution is 2.30. The highest BCUT2D eigenvalue weighted by molar-refractivity contribution is 14.0. The molecular weight excluding hydrogens is 530 g/mol. The van der Waals surface area contributed by atoms with Gasteiger partial charge in [0.15, 0.2) is 11.7 Å². The lowest BCUT2D eigenvalue weighted by Crippen LogP contribution is -2.38. The fourth-order valence-electron chi connectivity index (χ4n) is 2.44. The smallest absolute Gasteiger partial charge is 0.434 e. The summed E-state index contributed by atoms with van der Waals surface area (Å²) in [5.74, 6) is 1.07. The number of thiazole rings is 1. The Hall–Kier alpha value is -2.15. The number of guanidine groups is 1. The van der Waals surface area contributed by atoms with Gasteiger partial charge in [0.2, 0.25) is 5.89 Å². The zero-order chi connectivity index (χ0) is 20.7. The molecule has 11 heteroatoms. The first-order valence-electron chi connectivity index (χ1n) is 8.99. The number of benzene rings is 1. The molecule has 162 valence electrons. The zero-order valence-corrected chi connectivity index (χ0v) is 19.2. The molecule has 0 bridgehead atoms. The normalized spacial score (nSPS) is 11.8. The number of aromatic nitrogens is 2. The van der Waals surface area contributed by atoms with E-state index in [4.69, 9.17) is 4.42 Å². The molecule has 1 aromatic carbocycles. The zero-order valence-electron chi connectivity index (χ0n) is 16.1. The minimum atomic E-state index is -4.41. The van der Waals surface area contributed by atoms with Crippen LogP contribution >= 0.6 is 35.3 Å². The number of nitrogens with one attached hydrogen (secondary N) is 2. The molecule has 0 radical (unpaired) electrons. The molecule has 0 saturated carbocycles. The molecule has 0 unspecified atom stereocenters. The maximum Gasteiger partial charge on any atom is 0.434 e. The molecule has 30 heavy (non-hydrogen) atoms. The summed E-state index contributed by atoms with van der Waals surface area (Å²) in [5, 5.41) is 7.63. The molecule has 0 aliphatic carbocycles. The average Bonchev–Trinajstić information content (AvgIpc) is 3.36. The largest absolute Gasteiger partial charge is 0.444 e. The van der Waals surface area contributed by atoms with Crippen molar-refractivity contribution in [1.82, 2.24) is 20.6 Å². The van der Waals surface area contributed by atoms with E-state index in [-0.39, 0.29) is 24.0 Å². The van der Waals surface area contributed by atoms with Crippen LogP contribution in [0, 0.1) is 0 Å². The van der Waals surface area contributed by atoms with Crippen LogP contribution in [0.5, 0.6) is 0 Å². The Balaban J connectivity index is 0.00000320. The van der Waals surface area contributed by atoms with Crippen molar-refractivity contribution in [3.05, 3.63) is 58.4 Å². The van der Waals surface area contributed by atoms with Gasteiger partial charge in [-0.25, -0.2) is 15.0 Å². The number of oxazole rings is 1. The summed E-state index contributed by atoms with van der Waals surface area (Å²) < 4.78 is 43.3. The molecule has 3 rings (SSSR count). The summed E-state index contributed by atoms with van der Waals surface area (Å²) >= 11 is 0.999. The Morgan fingerprint density at radius 3 is 2.60 bits per heavy atom. The third kappa shape index (κ3) is 6.97. The monoisotopic (exact) mass is 551 g/mol. The lowest BCUT2D eigenvalue weighted by atomic mass is 10.2. The van der Waals surface area contributed by atoms with Gasteiger partial charge in [-0.05, 0) is 19.1 Å². The van der Waals surface area contributed by atoms with Gasteiger partial charge in [-0.2, -0.15) is 13.2 Å². The number of aliphatic imine (C=N–C) groups is 1. The average molecular weight is 551 g/mol. The van der Waals surface area contributed by atoms with Crippen molar-refractivity contribution in [2.75, 3.05) is 13.1 Å². The highest BCUT2D eigenvalue weighted by Gasteiger charge is 2.33. The maximum absolute atomic E-state index is 12.6. The number of hydrogen-bond acceptors (Lipinski definition) is 5. The lowest BCUT2D eigenvalue weighted by molar-refractivity contribution is -0.140. The summed E-state index contributed by atoms with van der Waals surface area (Å²) in [6, 6.07) is 9.55. The van der Waals surface area contributed by atoms with Crippen LogP contribution in [0.3, 0.4) is 0 Å². The van der Waals surface area contributed by atoms with Crippen LogP contribution in [-0.4, -0.2) is 29.0 Å². The minimum Gasteiger partial charge on any atom is -0.444 e. The first kappa shape index (κ1) is 24.1. The summed E-state index contributed by atoms with van der Waals surface area (Å²) in [4.78, 5) is 12.5. The predicted octanol–water partition coefficient (Wildman–Crippen LogP) is 4.73. The van der Waals surface area contributed by atoms with Gasteiger partial charge in [0.1, 0.15) is 12.0 Å². The van der Waals surface area contributed by atoms with Crippen molar-refractivity contribution in [3.8, 4) is 11.5 Å². The summed E-state index contributed by atoms with van der Waals surface area (Å²) in [6.07, 6.45) is -2.48. The van der Waals surface area contributed by atoms with Gasteiger partial charge in [0.05, 0.1) is 11.6 Å². The van der Waals surface area contributed by atoms with Crippen molar-refractivity contribution in [3.63, 3.8) is 0 Å². The summed E-state index contributed by atoms with van der Waals surface area (Å²) in [6.45, 7) is 3.29. The van der Waals surface area contributed by atoms with E-state index >= 15 is 0 Å². The third-order valence-corrected chi connectivity index (χ3v) is 4.70. The Kier molecular flexibility index (Phi) is 9.08. The van der Waals surface area contributed by atoms with E-state index in [1.807, 2.05) is 37.3 Å². The van der Waals surface area contributed by atoms with Gasteiger partial charge in [0.25, 0.3) is 0 Å². The SMILES string of the molecule is CCNC(=NCc1coc(-c2ccccc2)n1)NCCc1nc(C(F)(F)F)cs1.I. The first-order valence-corrected chi connectivity index (χ1v) is 9.87. The minimum absolute atomic E-state index is 0. The van der Waals surface area contributed by atoms with E-state index in [1.54, 1.807) is 6.26 Å². The number of alkyl halides is 3. The van der Waals surface area contributed by atoms with Crippen LogP contribution in [0.4, 0.5) is 13.2 Å². The lowest BCUT2D eigenvalue weighted by Gasteiger charge is -2.10. The molecule has 0 amide bonds. The van der Waals surface area contributed by atoms with E-state index in [1.165, 1.54) is 0 Å². The maximum atomic E-state index is 12.6. The van der Waals surface area contributed by atoms with Gasteiger partial charge in [-0.1, -0.05) is 18.2 Å². The Labute approximate surface area is 193 Å². The molecule has 0 aliphatic rings. The van der Waals surface area contributed by atoms with Gasteiger partial charge in [-0.3, -0.25) is 0 Å². The molecule has 6 nitrogen and oxygen atoms in total. The molecule has 3 aromatic rings. The highest BCUT2D eigenvalue weighted by atomic mass is 127. The van der Waals surface area contributed by atoms with Gasteiger partial charge < -0.3 is 15.1 Å². The van der Waals surface area contributed by atoms with E-state index in [0.29, 0.717) is 48.6 Å². The second-order valence-corrected chi connectivity index (χ2v) is 6.95. The Morgan fingerprint density at radius 1 is 1.17 bits per heavy atom. The molecule has 0 fully saturated rings. The first-order chi connectivity index (χ1) is 14.0. The van der Waals surface area contributed by atoms with E-state index in [2.05, 4.69) is 25.6 Å². The molecule has 2 heterocycles.